The van der Waals surface area contributed by atoms with Crippen molar-refractivity contribution in [2.75, 3.05) is 6.61 Å². The van der Waals surface area contributed by atoms with Gasteiger partial charge in [-0.3, -0.25) is 4.79 Å². The number of ether oxygens (including phenoxy) is 1. The van der Waals surface area contributed by atoms with Crippen LogP contribution >= 0.6 is 0 Å². The molecule has 23 heavy (non-hydrogen) atoms. The molecule has 0 saturated heterocycles. The van der Waals surface area contributed by atoms with Gasteiger partial charge < -0.3 is 9.72 Å². The highest BCUT2D eigenvalue weighted by Gasteiger charge is 2.13. The van der Waals surface area contributed by atoms with Gasteiger partial charge in [-0.15, -0.1) is 0 Å². The van der Waals surface area contributed by atoms with Crippen LogP contribution in [0.1, 0.15) is 33.3 Å². The van der Waals surface area contributed by atoms with Crippen LogP contribution in [0.3, 0.4) is 0 Å². The summed E-state index contributed by atoms with van der Waals surface area (Å²) < 4.78 is 5.68. The van der Waals surface area contributed by atoms with E-state index in [-0.39, 0.29) is 16.8 Å². The summed E-state index contributed by atoms with van der Waals surface area (Å²) in [6, 6.07) is 1.90. The van der Waals surface area contributed by atoms with Crippen LogP contribution in [-0.2, 0) is 11.2 Å². The summed E-state index contributed by atoms with van der Waals surface area (Å²) in [6.45, 7) is 8.16. The third-order valence-corrected chi connectivity index (χ3v) is 3.12. The number of fused-ring (bicyclic) bond motifs is 1. The number of hydrogen-bond donors (Lipinski definition) is 1. The number of Topliss-reactive ketones (excluding diaryl/α,β-unsaturated/α-hetero) is 1. The summed E-state index contributed by atoms with van der Waals surface area (Å²) in [5.74, 6) is 0.219. The molecular formula is C17H20N4O2. The second kappa shape index (κ2) is 6.61. The highest BCUT2D eigenvalue weighted by atomic mass is 16.5. The van der Waals surface area contributed by atoms with Crippen LogP contribution in [0.2, 0.25) is 0 Å². The summed E-state index contributed by atoms with van der Waals surface area (Å²) in [5, 5.41) is 8.93. The maximum atomic E-state index is 11.3. The van der Waals surface area contributed by atoms with Crippen LogP contribution in [0, 0.1) is 16.7 Å². The first-order valence-corrected chi connectivity index (χ1v) is 7.37. The molecule has 0 amide bonds. The van der Waals surface area contributed by atoms with Gasteiger partial charge in [-0.1, -0.05) is 26.8 Å². The van der Waals surface area contributed by atoms with E-state index in [1.807, 2.05) is 6.07 Å². The zero-order valence-electron chi connectivity index (χ0n) is 13.8. The van der Waals surface area contributed by atoms with Crippen molar-refractivity contribution in [2.45, 2.75) is 34.1 Å². The highest BCUT2D eigenvalue weighted by molar-refractivity contribution is 5.97. The molecule has 2 heterocycles. The largest absolute Gasteiger partial charge is 0.476 e. The van der Waals surface area contributed by atoms with Gasteiger partial charge >= 0.3 is 0 Å². The molecule has 0 radical (unpaired) electrons. The number of rotatable bonds is 5. The molecular weight excluding hydrogens is 292 g/mol. The standard InChI is InChI=1S/C17H20N4O2/c1-11(22)12(7-18)5-6-13-8-19-16-15(13)21-14(9-20-16)23-10-17(2,3)4/h5,8-9H,6,10H2,1-4H3,(H,19,20)/b12-5-. The van der Waals surface area contributed by atoms with E-state index >= 15 is 0 Å². The number of nitriles is 1. The third-order valence-electron chi connectivity index (χ3n) is 3.12. The minimum absolute atomic E-state index is 0.0313. The SMILES string of the molecule is CC(=O)/C(C#N)=C\Cc1c[nH]c2ncc(OCC(C)(C)C)nc12. The summed E-state index contributed by atoms with van der Waals surface area (Å²) in [5.41, 5.74) is 2.38. The summed E-state index contributed by atoms with van der Waals surface area (Å²) in [7, 11) is 0. The molecule has 0 unspecified atom stereocenters. The number of aromatic amines is 1. The van der Waals surface area contributed by atoms with E-state index in [2.05, 4.69) is 35.7 Å². The van der Waals surface area contributed by atoms with Gasteiger partial charge in [0.05, 0.1) is 18.4 Å². The number of carbonyl (C=O) groups is 1. The Morgan fingerprint density at radius 3 is 2.83 bits per heavy atom. The van der Waals surface area contributed by atoms with Crippen molar-refractivity contribution in [3.05, 3.63) is 29.6 Å². The van der Waals surface area contributed by atoms with Gasteiger partial charge in [0.25, 0.3) is 0 Å². The van der Waals surface area contributed by atoms with Crippen molar-refractivity contribution in [3.8, 4) is 11.9 Å². The second-order valence-electron chi connectivity index (χ2n) is 6.56. The van der Waals surface area contributed by atoms with Crippen molar-refractivity contribution in [1.82, 2.24) is 15.0 Å². The molecule has 0 fully saturated rings. The van der Waals surface area contributed by atoms with Crippen LogP contribution in [0.5, 0.6) is 5.88 Å². The van der Waals surface area contributed by atoms with E-state index in [1.54, 1.807) is 18.5 Å². The second-order valence-corrected chi connectivity index (χ2v) is 6.56. The molecule has 0 aliphatic heterocycles. The Hall–Kier alpha value is -2.68. The number of nitrogens with one attached hydrogen (secondary N) is 1. The van der Waals surface area contributed by atoms with Crippen LogP contribution in [-0.4, -0.2) is 27.3 Å². The van der Waals surface area contributed by atoms with E-state index in [9.17, 15) is 4.79 Å². The van der Waals surface area contributed by atoms with Crippen LogP contribution < -0.4 is 4.74 Å². The van der Waals surface area contributed by atoms with Gasteiger partial charge in [-0.2, -0.15) is 5.26 Å². The fourth-order valence-corrected chi connectivity index (χ4v) is 1.92. The quantitative estimate of drug-likeness (QED) is 0.677. The Morgan fingerprint density at radius 1 is 1.48 bits per heavy atom. The van der Waals surface area contributed by atoms with E-state index in [1.165, 1.54) is 6.92 Å². The minimum atomic E-state index is -0.243. The fourth-order valence-electron chi connectivity index (χ4n) is 1.92. The zero-order valence-corrected chi connectivity index (χ0v) is 13.8. The Morgan fingerprint density at radius 2 is 2.22 bits per heavy atom. The molecule has 2 rings (SSSR count). The lowest BCUT2D eigenvalue weighted by molar-refractivity contribution is -0.113. The number of ketones is 1. The average molecular weight is 312 g/mol. The molecule has 2 aromatic heterocycles. The van der Waals surface area contributed by atoms with E-state index in [0.717, 1.165) is 5.56 Å². The molecule has 0 aromatic carbocycles. The van der Waals surface area contributed by atoms with Crippen LogP contribution in [0.4, 0.5) is 0 Å². The van der Waals surface area contributed by atoms with Gasteiger partial charge in [-0.05, 0) is 18.8 Å². The predicted molar refractivity (Wildman–Crippen MR) is 86.9 cm³/mol. The van der Waals surface area contributed by atoms with Crippen molar-refractivity contribution in [1.29, 1.82) is 5.26 Å². The Kier molecular flexibility index (Phi) is 4.80. The average Bonchev–Trinajstić information content (AvgIpc) is 2.87. The summed E-state index contributed by atoms with van der Waals surface area (Å²) in [4.78, 5) is 23.1. The van der Waals surface area contributed by atoms with Crippen LogP contribution in [0.15, 0.2) is 24.0 Å². The first-order chi connectivity index (χ1) is 10.8. The molecule has 2 aromatic rings. The van der Waals surface area contributed by atoms with E-state index < -0.39 is 0 Å². The van der Waals surface area contributed by atoms with Crippen LogP contribution in [0.25, 0.3) is 11.2 Å². The number of allylic oxidation sites excluding steroid dienone is 2. The lowest BCUT2D eigenvalue weighted by atomic mass is 9.99. The summed E-state index contributed by atoms with van der Waals surface area (Å²) in [6.07, 6.45) is 5.40. The molecule has 0 atom stereocenters. The van der Waals surface area contributed by atoms with E-state index in [4.69, 9.17) is 10.00 Å². The number of nitrogens with zero attached hydrogens (tertiary/aromatic N) is 3. The number of hydrogen-bond acceptors (Lipinski definition) is 5. The molecule has 1 N–H and O–H groups in total. The molecule has 0 spiro atoms. The smallest absolute Gasteiger partial charge is 0.233 e. The van der Waals surface area contributed by atoms with Gasteiger partial charge in [0.1, 0.15) is 11.6 Å². The zero-order chi connectivity index (χ0) is 17.0. The Labute approximate surface area is 135 Å². The first kappa shape index (κ1) is 16.7. The monoisotopic (exact) mass is 312 g/mol. The number of aromatic nitrogens is 3. The third kappa shape index (κ3) is 4.39. The van der Waals surface area contributed by atoms with Gasteiger partial charge in [0, 0.05) is 11.8 Å². The number of carbonyl (C=O) groups excluding carboxylic acids is 1. The number of H-pyrrole nitrogens is 1. The van der Waals surface area contributed by atoms with Crippen molar-refractivity contribution < 1.29 is 9.53 Å². The topological polar surface area (TPSA) is 91.7 Å². The van der Waals surface area contributed by atoms with E-state index in [0.29, 0.717) is 30.1 Å². The maximum Gasteiger partial charge on any atom is 0.233 e. The molecule has 6 heteroatoms. The predicted octanol–water partition coefficient (Wildman–Crippen LogP) is 2.96. The van der Waals surface area contributed by atoms with Crippen molar-refractivity contribution in [3.63, 3.8) is 0 Å². The molecule has 0 aliphatic carbocycles. The normalized spacial score (nSPS) is 12.2. The Balaban J connectivity index is 2.25. The molecule has 0 aliphatic rings. The molecule has 6 nitrogen and oxygen atoms in total. The maximum absolute atomic E-state index is 11.3. The summed E-state index contributed by atoms with van der Waals surface area (Å²) >= 11 is 0. The van der Waals surface area contributed by atoms with Gasteiger partial charge in [-0.25, -0.2) is 9.97 Å². The first-order valence-electron chi connectivity index (χ1n) is 7.37. The van der Waals surface area contributed by atoms with Crippen molar-refractivity contribution >= 4 is 16.9 Å². The molecule has 0 bridgehead atoms. The lowest BCUT2D eigenvalue weighted by Gasteiger charge is -2.17. The molecule has 120 valence electrons. The highest BCUT2D eigenvalue weighted by Crippen LogP contribution is 2.20. The minimum Gasteiger partial charge on any atom is -0.476 e. The lowest BCUT2D eigenvalue weighted by Crippen LogP contribution is -2.17. The Bertz CT molecular complexity index is 791. The fraction of sp³-hybridized carbons (Fsp3) is 0.412. The van der Waals surface area contributed by atoms with Gasteiger partial charge in [0.15, 0.2) is 11.4 Å². The molecule has 0 saturated carbocycles. The van der Waals surface area contributed by atoms with Crippen molar-refractivity contribution in [2.24, 2.45) is 5.41 Å². The van der Waals surface area contributed by atoms with Gasteiger partial charge in [0.2, 0.25) is 5.88 Å².